The average Bonchev–Trinajstić information content (AvgIpc) is 3.48. The summed E-state index contributed by atoms with van der Waals surface area (Å²) in [6, 6.07) is 12.6. The Bertz CT molecular complexity index is 755. The summed E-state index contributed by atoms with van der Waals surface area (Å²) in [5.74, 6) is 1.08. The van der Waals surface area contributed by atoms with E-state index in [0.717, 1.165) is 11.9 Å². The molecule has 2 saturated carbocycles. The number of nitrogens with one attached hydrogen (secondary N) is 2. The summed E-state index contributed by atoms with van der Waals surface area (Å²) in [5.41, 5.74) is 1.36. The predicted molar refractivity (Wildman–Crippen MR) is 112 cm³/mol. The van der Waals surface area contributed by atoms with Crippen LogP contribution in [0.5, 0.6) is 0 Å². The summed E-state index contributed by atoms with van der Waals surface area (Å²) in [6.07, 6.45) is 12.2. The smallest absolute Gasteiger partial charge is 0.214 e. The molecule has 1 aromatic carbocycles. The van der Waals surface area contributed by atoms with Crippen molar-refractivity contribution in [1.29, 1.82) is 0 Å². The summed E-state index contributed by atoms with van der Waals surface area (Å²) in [6.45, 7) is 4.99. The first-order chi connectivity index (χ1) is 14.4. The van der Waals surface area contributed by atoms with Gasteiger partial charge in [0.15, 0.2) is 6.04 Å². The third-order valence-corrected chi connectivity index (χ3v) is 7.71. The molecule has 6 heteroatoms. The maximum atomic E-state index is 4.60. The van der Waals surface area contributed by atoms with Crippen LogP contribution in [-0.4, -0.2) is 52.4 Å². The van der Waals surface area contributed by atoms with Crippen molar-refractivity contribution in [3.05, 3.63) is 41.7 Å². The van der Waals surface area contributed by atoms with Crippen LogP contribution in [0.1, 0.15) is 81.3 Å². The zero-order valence-electron chi connectivity index (χ0n) is 17.6. The molecule has 1 saturated heterocycles. The van der Waals surface area contributed by atoms with E-state index in [1.54, 1.807) is 4.90 Å². The van der Waals surface area contributed by atoms with Crippen LogP contribution < -0.4 is 9.80 Å². The van der Waals surface area contributed by atoms with Gasteiger partial charge in [0.05, 0.1) is 12.1 Å². The summed E-state index contributed by atoms with van der Waals surface area (Å²) in [4.78, 5) is 3.50. The Morgan fingerprint density at radius 3 is 2.24 bits per heavy atom. The second-order valence-electron chi connectivity index (χ2n) is 9.42. The minimum Gasteiger partial charge on any atom is -0.323 e. The Labute approximate surface area is 174 Å². The maximum absolute atomic E-state index is 4.60. The highest BCUT2D eigenvalue weighted by Crippen LogP contribution is 2.31. The van der Waals surface area contributed by atoms with Crippen LogP contribution in [0.4, 0.5) is 0 Å². The fraction of sp³-hybridized carbons (Fsp3) is 0.696. The van der Waals surface area contributed by atoms with Crippen LogP contribution in [0.25, 0.3) is 0 Å². The molecule has 0 spiro atoms. The Kier molecular flexibility index (Phi) is 5.90. The van der Waals surface area contributed by atoms with E-state index in [1.165, 1.54) is 89.5 Å². The Morgan fingerprint density at radius 1 is 0.828 bits per heavy atom. The number of quaternary nitrogens is 2. The van der Waals surface area contributed by atoms with E-state index in [9.17, 15) is 0 Å². The lowest BCUT2D eigenvalue weighted by Gasteiger charge is -2.38. The van der Waals surface area contributed by atoms with E-state index >= 15 is 0 Å². The van der Waals surface area contributed by atoms with Gasteiger partial charge in [-0.3, -0.25) is 0 Å². The van der Waals surface area contributed by atoms with Gasteiger partial charge < -0.3 is 9.80 Å². The number of rotatable bonds is 5. The van der Waals surface area contributed by atoms with E-state index in [2.05, 4.69) is 50.5 Å². The normalized spacial score (nSPS) is 27.9. The van der Waals surface area contributed by atoms with Crippen LogP contribution in [-0.2, 0) is 0 Å². The molecule has 156 valence electrons. The van der Waals surface area contributed by atoms with Gasteiger partial charge in [-0.25, -0.2) is 4.68 Å². The molecular weight excluding hydrogens is 360 g/mol. The minimum absolute atomic E-state index is 0.250. The lowest BCUT2D eigenvalue weighted by Crippen LogP contribution is -3.29. The van der Waals surface area contributed by atoms with E-state index in [0.29, 0.717) is 6.04 Å². The molecule has 1 aromatic heterocycles. The number of aromatic nitrogens is 4. The summed E-state index contributed by atoms with van der Waals surface area (Å²) in [7, 11) is 0. The predicted octanol–water partition coefficient (Wildman–Crippen LogP) is 0.994. The molecule has 29 heavy (non-hydrogen) atoms. The Balaban J connectivity index is 1.37. The molecule has 2 aromatic rings. The number of hydrogen-bond donors (Lipinski definition) is 2. The second kappa shape index (κ2) is 8.92. The number of piperazine rings is 1. The van der Waals surface area contributed by atoms with Crippen molar-refractivity contribution in [1.82, 2.24) is 20.2 Å². The number of tetrazole rings is 1. The number of nitrogens with zero attached hydrogens (tertiary/aromatic N) is 4. The molecule has 1 aliphatic heterocycles. The molecule has 1 atom stereocenters. The molecule has 0 radical (unpaired) electrons. The Morgan fingerprint density at radius 2 is 1.52 bits per heavy atom. The van der Waals surface area contributed by atoms with Gasteiger partial charge >= 0.3 is 0 Å². The van der Waals surface area contributed by atoms with Gasteiger partial charge in [0, 0.05) is 5.56 Å². The van der Waals surface area contributed by atoms with Gasteiger partial charge in [-0.15, -0.1) is 5.10 Å². The van der Waals surface area contributed by atoms with Gasteiger partial charge in [-0.2, -0.15) is 0 Å². The van der Waals surface area contributed by atoms with Gasteiger partial charge in [0.25, 0.3) is 0 Å². The summed E-state index contributed by atoms with van der Waals surface area (Å²) < 4.78 is 2.18. The molecule has 0 amide bonds. The van der Waals surface area contributed by atoms with Crippen LogP contribution in [0.2, 0.25) is 0 Å². The topological polar surface area (TPSA) is 52.5 Å². The second-order valence-corrected chi connectivity index (χ2v) is 9.42. The first-order valence-corrected chi connectivity index (χ1v) is 11.9. The van der Waals surface area contributed by atoms with Crippen molar-refractivity contribution < 1.29 is 9.80 Å². The molecule has 6 nitrogen and oxygen atoms in total. The number of hydrogen-bond acceptors (Lipinski definition) is 3. The van der Waals surface area contributed by atoms with Gasteiger partial charge in [-0.1, -0.05) is 49.6 Å². The Hall–Kier alpha value is -1.79. The van der Waals surface area contributed by atoms with E-state index in [4.69, 9.17) is 0 Å². The van der Waals surface area contributed by atoms with Crippen LogP contribution in [0.15, 0.2) is 30.3 Å². The molecule has 2 aliphatic carbocycles. The zero-order chi connectivity index (χ0) is 19.5. The maximum Gasteiger partial charge on any atom is 0.214 e. The van der Waals surface area contributed by atoms with Crippen LogP contribution in [0, 0.1) is 0 Å². The molecule has 3 fully saturated rings. The van der Waals surface area contributed by atoms with Gasteiger partial charge in [-0.05, 0) is 49.0 Å². The molecular formula is C23H36N6+2. The van der Waals surface area contributed by atoms with Crippen LogP contribution in [0.3, 0.4) is 0 Å². The van der Waals surface area contributed by atoms with Crippen molar-refractivity contribution in [2.24, 2.45) is 0 Å². The molecule has 2 heterocycles. The highest BCUT2D eigenvalue weighted by Gasteiger charge is 2.38. The fourth-order valence-electron chi connectivity index (χ4n) is 6.11. The zero-order valence-corrected chi connectivity index (χ0v) is 17.6. The highest BCUT2D eigenvalue weighted by atomic mass is 15.6. The van der Waals surface area contributed by atoms with Gasteiger partial charge in [0.1, 0.15) is 26.2 Å². The monoisotopic (exact) mass is 396 g/mol. The van der Waals surface area contributed by atoms with Gasteiger partial charge in [0.2, 0.25) is 5.82 Å². The lowest BCUT2D eigenvalue weighted by molar-refractivity contribution is -1.03. The van der Waals surface area contributed by atoms with Crippen molar-refractivity contribution in [2.45, 2.75) is 75.9 Å². The first kappa shape index (κ1) is 19.2. The molecule has 0 unspecified atom stereocenters. The third kappa shape index (κ3) is 4.10. The lowest BCUT2D eigenvalue weighted by atomic mass is 9.93. The number of benzene rings is 1. The summed E-state index contributed by atoms with van der Waals surface area (Å²) in [5, 5.41) is 13.2. The van der Waals surface area contributed by atoms with Crippen LogP contribution >= 0.6 is 0 Å². The molecule has 0 bridgehead atoms. The van der Waals surface area contributed by atoms with E-state index in [-0.39, 0.29) is 6.04 Å². The first-order valence-electron chi connectivity index (χ1n) is 11.9. The average molecular weight is 397 g/mol. The van der Waals surface area contributed by atoms with E-state index in [1.807, 2.05) is 4.90 Å². The SMILES string of the molecule is c1ccc([C@@H](c2nnnn2C2CCCC2)[NH+]2CC[NH+](C3CCCCC3)CC2)cc1. The quantitative estimate of drug-likeness (QED) is 0.793. The third-order valence-electron chi connectivity index (χ3n) is 7.71. The molecule has 2 N–H and O–H groups in total. The van der Waals surface area contributed by atoms with Crippen molar-refractivity contribution in [2.75, 3.05) is 26.2 Å². The molecule has 3 aliphatic rings. The fourth-order valence-corrected chi connectivity index (χ4v) is 6.11. The highest BCUT2D eigenvalue weighted by molar-refractivity contribution is 5.22. The largest absolute Gasteiger partial charge is 0.323 e. The van der Waals surface area contributed by atoms with Crippen molar-refractivity contribution in [3.8, 4) is 0 Å². The summed E-state index contributed by atoms with van der Waals surface area (Å²) >= 11 is 0. The van der Waals surface area contributed by atoms with Crippen molar-refractivity contribution in [3.63, 3.8) is 0 Å². The van der Waals surface area contributed by atoms with Crippen molar-refractivity contribution >= 4 is 0 Å². The molecule has 5 rings (SSSR count). The minimum atomic E-state index is 0.250. The standard InChI is InChI=1S/C23H34N6/c1-3-9-19(10-4-1)22(23-24-25-26-29(23)21-13-7-8-14-21)28-17-15-27(16-18-28)20-11-5-2-6-12-20/h1,3-4,9-10,20-22H,2,5-8,11-18H2/p+2/t22-/m0/s1. The van der Waals surface area contributed by atoms with E-state index < -0.39 is 0 Å².